The fourth-order valence-electron chi connectivity index (χ4n) is 9.29. The van der Waals surface area contributed by atoms with Crippen molar-refractivity contribution in [2.45, 2.75) is 150 Å². The molecular weight excluding hydrogens is 799 g/mol. The van der Waals surface area contributed by atoms with Crippen LogP contribution in [0.1, 0.15) is 170 Å². The van der Waals surface area contributed by atoms with E-state index in [2.05, 4.69) is 197 Å². The van der Waals surface area contributed by atoms with Crippen LogP contribution in [0.25, 0.3) is 11.1 Å². The zero-order valence-electron chi connectivity index (χ0n) is 37.8. The predicted molar refractivity (Wildman–Crippen MR) is 234 cm³/mol. The summed E-state index contributed by atoms with van der Waals surface area (Å²) in [6.07, 6.45) is 0. The van der Waals surface area contributed by atoms with Crippen LogP contribution in [0.2, 0.25) is 0 Å². The first-order valence-corrected chi connectivity index (χ1v) is 24.4. The standard InChI is InChI=1S/C29H41.C15H14.C9H13.2ClH.Zr/c1-26(2,3)22-14-18-13-19-15-23(27(4,5)6)25(29(10,11)12)17-21(19)20(18)16-24(22)28(7,8)9;1-12-3-7-14(8-4-12)11-15-9-5-13(2)6-10-15;1-6-5-7(2)9(4)8(6)3;;;/h13-17H,1-12H3;3-10H,1-2H3;6H,1-4H3;2*1H;/q;;;;;+2/p-2. The molecule has 0 radical (unpaired) electrons. The third-order valence-corrected chi connectivity index (χ3v) is 21.8. The van der Waals surface area contributed by atoms with Gasteiger partial charge in [0.15, 0.2) is 0 Å². The Labute approximate surface area is 362 Å². The van der Waals surface area contributed by atoms with Crippen LogP contribution in [-0.2, 0) is 42.9 Å². The van der Waals surface area contributed by atoms with Gasteiger partial charge in [-0.2, -0.15) is 0 Å². The maximum absolute atomic E-state index is 3.05. The minimum atomic E-state index is -3.05. The fourth-order valence-corrected chi connectivity index (χ4v) is 19.6. The van der Waals surface area contributed by atoms with Crippen molar-refractivity contribution < 1.29 is 46.1 Å². The number of hydrogen-bond donors (Lipinski definition) is 0. The van der Waals surface area contributed by atoms with Crippen LogP contribution in [0.3, 0.4) is 0 Å². The van der Waals surface area contributed by atoms with Gasteiger partial charge in [-0.25, -0.2) is 0 Å². The average Bonchev–Trinajstić information content (AvgIpc) is 3.47. The van der Waals surface area contributed by atoms with Gasteiger partial charge in [0.2, 0.25) is 0 Å². The zero-order chi connectivity index (χ0) is 40.0. The van der Waals surface area contributed by atoms with Crippen LogP contribution in [0, 0.1) is 19.8 Å². The maximum atomic E-state index is 2.72. The Hall–Kier alpha value is -2.31. The summed E-state index contributed by atoms with van der Waals surface area (Å²) in [7, 11) is 0. The molecule has 0 aliphatic heterocycles. The van der Waals surface area contributed by atoms with Crippen LogP contribution in [-0.4, -0.2) is 3.21 Å². The van der Waals surface area contributed by atoms with Crippen molar-refractivity contribution in [2.24, 2.45) is 5.92 Å². The van der Waals surface area contributed by atoms with Crippen molar-refractivity contribution in [2.75, 3.05) is 0 Å². The Morgan fingerprint density at radius 2 is 0.786 bits per heavy atom. The Kier molecular flexibility index (Phi) is 13.3. The topological polar surface area (TPSA) is 0 Å². The first kappa shape index (κ1) is 46.4. The molecule has 6 rings (SSSR count). The molecule has 1 unspecified atom stereocenters. The number of hydrogen-bond acceptors (Lipinski definition) is 0. The van der Waals surface area contributed by atoms with Crippen molar-refractivity contribution in [3.63, 3.8) is 0 Å². The molecule has 0 spiro atoms. The fraction of sp³-hybridized carbons (Fsp3) is 0.453. The van der Waals surface area contributed by atoms with Crippen molar-refractivity contribution in [3.05, 3.63) is 148 Å². The molecule has 0 heterocycles. The monoisotopic (exact) mass is 864 g/mol. The summed E-state index contributed by atoms with van der Waals surface area (Å²) in [5.41, 5.74) is 22.3. The maximum Gasteiger partial charge on any atom is -1.00 e. The Bertz CT molecular complexity index is 2100. The van der Waals surface area contributed by atoms with Crippen molar-refractivity contribution in [3.8, 4) is 11.1 Å². The van der Waals surface area contributed by atoms with E-state index >= 15 is 0 Å². The Balaban J connectivity index is 0.00000348. The molecule has 4 aromatic carbocycles. The van der Waals surface area contributed by atoms with Crippen molar-refractivity contribution in [1.29, 1.82) is 0 Å². The van der Waals surface area contributed by atoms with Crippen LogP contribution in [0.5, 0.6) is 0 Å². The molecule has 56 heavy (non-hydrogen) atoms. The van der Waals surface area contributed by atoms with Gasteiger partial charge in [0.1, 0.15) is 0 Å². The zero-order valence-corrected chi connectivity index (χ0v) is 41.8. The second-order valence-electron chi connectivity index (χ2n) is 21.0. The molecule has 0 saturated carbocycles. The first-order valence-electron chi connectivity index (χ1n) is 20.5. The minimum Gasteiger partial charge on any atom is -1.00 e. The largest absolute Gasteiger partial charge is 1.00 e. The molecule has 1 atom stereocenters. The number of fused-ring (bicyclic) bond motifs is 3. The summed E-state index contributed by atoms with van der Waals surface area (Å²) in [4.78, 5) is 0. The Morgan fingerprint density at radius 1 is 0.464 bits per heavy atom. The van der Waals surface area contributed by atoms with Crippen LogP contribution >= 0.6 is 0 Å². The van der Waals surface area contributed by atoms with Gasteiger partial charge in [-0.3, -0.25) is 0 Å². The number of allylic oxidation sites excluding steroid dienone is 4. The Morgan fingerprint density at radius 3 is 1.07 bits per heavy atom. The van der Waals surface area contributed by atoms with E-state index in [-0.39, 0.29) is 46.5 Å². The summed E-state index contributed by atoms with van der Waals surface area (Å²) in [5, 5.41) is 0. The van der Waals surface area contributed by atoms with E-state index in [0.29, 0.717) is 9.54 Å². The second-order valence-corrected chi connectivity index (χ2v) is 27.0. The van der Waals surface area contributed by atoms with Gasteiger partial charge in [0, 0.05) is 0 Å². The van der Waals surface area contributed by atoms with E-state index in [4.69, 9.17) is 0 Å². The molecule has 0 amide bonds. The number of aryl methyl sites for hydroxylation is 2. The third-order valence-electron chi connectivity index (χ3n) is 12.7. The summed E-state index contributed by atoms with van der Waals surface area (Å²) >= 11 is -3.05. The normalized spacial score (nSPS) is 15.9. The SMILES string of the molecule is CC1=C(C)C(C)[C]([Zr+2](=[C](c2ccc(C)cc2)c2ccc(C)cc2)[CH]2c3cc(C(C)(C)C)c(C(C)(C)C)cc3-c3cc(C(C)(C)C)c(C(C)(C)C)cc32)=C1C.[Cl-].[Cl-]. The molecule has 4 aromatic rings. The van der Waals surface area contributed by atoms with Gasteiger partial charge in [-0.1, -0.05) is 0 Å². The van der Waals surface area contributed by atoms with Gasteiger partial charge in [0.25, 0.3) is 0 Å². The number of rotatable bonds is 4. The summed E-state index contributed by atoms with van der Waals surface area (Å²) < 4.78 is 3.76. The molecule has 0 nitrogen and oxygen atoms in total. The average molecular weight is 867 g/mol. The van der Waals surface area contributed by atoms with Gasteiger partial charge < -0.3 is 24.8 Å². The summed E-state index contributed by atoms with van der Waals surface area (Å²) in [6.45, 7) is 43.3. The van der Waals surface area contributed by atoms with E-state index in [9.17, 15) is 0 Å². The first-order chi connectivity index (χ1) is 24.8. The van der Waals surface area contributed by atoms with Crippen molar-refractivity contribution >= 4 is 3.21 Å². The van der Waals surface area contributed by atoms with Crippen LogP contribution in [0.4, 0.5) is 0 Å². The van der Waals surface area contributed by atoms with E-state index in [1.807, 2.05) is 0 Å². The molecule has 2 aliphatic rings. The van der Waals surface area contributed by atoms with E-state index in [1.54, 1.807) is 28.8 Å². The van der Waals surface area contributed by atoms with Gasteiger partial charge in [0.05, 0.1) is 0 Å². The second kappa shape index (κ2) is 16.0. The van der Waals surface area contributed by atoms with E-state index in [0.717, 1.165) is 0 Å². The van der Waals surface area contributed by atoms with E-state index < -0.39 is 21.3 Å². The van der Waals surface area contributed by atoms with Crippen LogP contribution < -0.4 is 24.8 Å². The number of halogens is 2. The van der Waals surface area contributed by atoms with Gasteiger partial charge in [-0.15, -0.1) is 0 Å². The molecule has 0 saturated heterocycles. The minimum absolute atomic E-state index is 0. The summed E-state index contributed by atoms with van der Waals surface area (Å²) in [5.74, 6) is 0.435. The predicted octanol–water partition coefficient (Wildman–Crippen LogP) is 8.72. The summed E-state index contributed by atoms with van der Waals surface area (Å²) in [6, 6.07) is 29.9. The molecular formula is C53H68Cl2Zr. The molecule has 0 aromatic heterocycles. The molecule has 3 heteroatoms. The molecule has 0 fully saturated rings. The smallest absolute Gasteiger partial charge is 1.00 e. The molecule has 0 bridgehead atoms. The molecule has 0 N–H and O–H groups in total. The van der Waals surface area contributed by atoms with Gasteiger partial charge >= 0.3 is 340 Å². The van der Waals surface area contributed by atoms with Crippen LogP contribution in [0.15, 0.2) is 92.8 Å². The van der Waals surface area contributed by atoms with E-state index in [1.165, 1.54) is 61.2 Å². The third kappa shape index (κ3) is 8.41. The molecule has 2 aliphatic carbocycles. The van der Waals surface area contributed by atoms with Gasteiger partial charge in [-0.05, 0) is 0 Å². The van der Waals surface area contributed by atoms with Crippen molar-refractivity contribution in [1.82, 2.24) is 0 Å². The molecule has 298 valence electrons. The number of benzene rings is 4. The quantitative estimate of drug-likeness (QED) is 0.193.